The molecule has 0 aliphatic heterocycles. The summed E-state index contributed by atoms with van der Waals surface area (Å²) in [5.74, 6) is -5.64. The van der Waals surface area contributed by atoms with Crippen LogP contribution in [0.4, 0.5) is 10.5 Å². The summed E-state index contributed by atoms with van der Waals surface area (Å²) < 4.78 is 2.12. The van der Waals surface area contributed by atoms with Gasteiger partial charge in [0.15, 0.2) is 17.5 Å². The van der Waals surface area contributed by atoms with E-state index in [0.717, 1.165) is 29.8 Å². The number of anilines is 1. The third kappa shape index (κ3) is 25.5. The van der Waals surface area contributed by atoms with Gasteiger partial charge in [0.1, 0.15) is 24.7 Å². The van der Waals surface area contributed by atoms with Crippen LogP contribution in [0, 0.1) is 0 Å². The molecule has 1 aromatic heterocycles. The number of urea groups is 1. The fourth-order valence-corrected chi connectivity index (χ4v) is 6.59. The third-order valence-corrected chi connectivity index (χ3v) is 10.5. The summed E-state index contributed by atoms with van der Waals surface area (Å²) in [5, 5.41) is 53.4. The molecule has 65 heavy (non-hydrogen) atoms. The topological polar surface area (TPSA) is 280 Å². The van der Waals surface area contributed by atoms with Crippen molar-refractivity contribution in [1.29, 1.82) is 0 Å². The highest BCUT2D eigenvalue weighted by Crippen LogP contribution is 2.14. The molecule has 2 unspecified atom stereocenters. The molecule has 1 aromatic carbocycles. The quantitative estimate of drug-likeness (QED) is 0.0279. The molecule has 0 bridgehead atoms. The lowest BCUT2D eigenvalue weighted by atomic mass is 10.1. The van der Waals surface area contributed by atoms with Crippen LogP contribution in [0.5, 0.6) is 0 Å². The number of aromatic nitrogens is 1. The van der Waals surface area contributed by atoms with Crippen LogP contribution >= 0.6 is 12.2 Å². The zero-order valence-electron chi connectivity index (χ0n) is 37.4. The number of carboxylic acids is 4. The highest BCUT2D eigenvalue weighted by molar-refractivity contribution is 7.80. The fraction of sp³-hybridized carbons (Fsp3) is 0.533. The summed E-state index contributed by atoms with van der Waals surface area (Å²) >= 11 is 5.38. The molecular formula is C45H67N8O11S+. The third-order valence-electron chi connectivity index (χ3n) is 10.2. The van der Waals surface area contributed by atoms with Gasteiger partial charge in [0.05, 0.1) is 0 Å². The number of hydrogen-bond acceptors (Lipinski definition) is 9. The molecule has 19 nitrogen and oxygen atoms in total. The van der Waals surface area contributed by atoms with Crippen molar-refractivity contribution in [1.82, 2.24) is 31.9 Å². The van der Waals surface area contributed by atoms with Crippen molar-refractivity contribution < 1.29 is 58.6 Å². The van der Waals surface area contributed by atoms with Crippen LogP contribution in [0.15, 0.2) is 48.8 Å². The average molecular weight is 928 g/mol. The summed E-state index contributed by atoms with van der Waals surface area (Å²) in [6.07, 6.45) is 13.5. The SMILES string of the molecule is CN(C)c1ccc(/C=C/c2cc[n+](CCCNC(=S)NCCCCC(NC(=O)CCCCCCC(=O)NCCCC[C@H](NC(=O)NC(CCC(=O)O)C(=O)O)C(=O)O)C(=O)O)cc2)cc1. The fourth-order valence-electron chi connectivity index (χ4n) is 6.39. The van der Waals surface area contributed by atoms with E-state index in [1.165, 1.54) is 0 Å². The van der Waals surface area contributed by atoms with E-state index in [1.807, 2.05) is 14.1 Å². The number of benzene rings is 1. The predicted octanol–water partition coefficient (Wildman–Crippen LogP) is 3.50. The van der Waals surface area contributed by atoms with E-state index in [2.05, 4.69) is 102 Å². The van der Waals surface area contributed by atoms with Gasteiger partial charge < -0.3 is 57.2 Å². The first kappa shape index (κ1) is 54.8. The molecular weight excluding hydrogens is 861 g/mol. The molecule has 0 fully saturated rings. The lowest BCUT2D eigenvalue weighted by Gasteiger charge is -2.18. The van der Waals surface area contributed by atoms with Crippen molar-refractivity contribution in [2.24, 2.45) is 0 Å². The lowest BCUT2D eigenvalue weighted by molar-refractivity contribution is -0.697. The molecule has 0 saturated carbocycles. The first-order chi connectivity index (χ1) is 31.0. The number of amides is 4. The maximum atomic E-state index is 12.4. The summed E-state index contributed by atoms with van der Waals surface area (Å²) in [7, 11) is 4.04. The number of carbonyl (C=O) groups is 7. The predicted molar refractivity (Wildman–Crippen MR) is 249 cm³/mol. The minimum Gasteiger partial charge on any atom is -0.481 e. The average Bonchev–Trinajstić information content (AvgIpc) is 3.26. The van der Waals surface area contributed by atoms with Crippen LogP contribution in [0.1, 0.15) is 107 Å². The molecule has 2 aromatic rings. The van der Waals surface area contributed by atoms with Gasteiger partial charge in [-0.15, -0.1) is 0 Å². The molecule has 0 spiro atoms. The van der Waals surface area contributed by atoms with Gasteiger partial charge in [0, 0.05) is 77.2 Å². The van der Waals surface area contributed by atoms with Gasteiger partial charge in [-0.1, -0.05) is 37.1 Å². The van der Waals surface area contributed by atoms with Gasteiger partial charge in [-0.25, -0.2) is 23.7 Å². The Labute approximate surface area is 385 Å². The summed E-state index contributed by atoms with van der Waals surface area (Å²) in [4.78, 5) is 84.1. The van der Waals surface area contributed by atoms with Crippen molar-refractivity contribution in [2.75, 3.05) is 38.6 Å². The van der Waals surface area contributed by atoms with E-state index in [4.69, 9.17) is 22.4 Å². The van der Waals surface area contributed by atoms with Crippen molar-refractivity contribution in [2.45, 2.75) is 121 Å². The molecule has 20 heteroatoms. The second-order valence-electron chi connectivity index (χ2n) is 15.8. The summed E-state index contributed by atoms with van der Waals surface area (Å²) in [5.41, 5.74) is 3.42. The molecule has 4 amide bonds. The molecule has 358 valence electrons. The summed E-state index contributed by atoms with van der Waals surface area (Å²) in [6, 6.07) is 7.69. The number of aliphatic carboxylic acids is 4. The minimum atomic E-state index is -1.50. The molecule has 0 radical (unpaired) electrons. The molecule has 10 N–H and O–H groups in total. The maximum absolute atomic E-state index is 12.4. The second kappa shape index (κ2) is 31.5. The Morgan fingerprint density at radius 2 is 1.05 bits per heavy atom. The number of pyridine rings is 1. The number of rotatable bonds is 33. The van der Waals surface area contributed by atoms with Crippen LogP contribution in [0.25, 0.3) is 12.2 Å². The van der Waals surface area contributed by atoms with Crippen LogP contribution < -0.4 is 41.4 Å². The number of nitrogens with zero attached hydrogens (tertiary/aromatic N) is 2. The Morgan fingerprint density at radius 3 is 1.57 bits per heavy atom. The lowest BCUT2D eigenvalue weighted by Crippen LogP contribution is -2.51. The van der Waals surface area contributed by atoms with E-state index in [9.17, 15) is 43.8 Å². The first-order valence-electron chi connectivity index (χ1n) is 22.0. The van der Waals surface area contributed by atoms with Crippen LogP contribution in [0.2, 0.25) is 0 Å². The van der Waals surface area contributed by atoms with Crippen LogP contribution in [-0.4, -0.2) is 119 Å². The normalized spacial score (nSPS) is 12.3. The van der Waals surface area contributed by atoms with E-state index in [-0.39, 0.29) is 50.5 Å². The van der Waals surface area contributed by atoms with Gasteiger partial charge in [0.2, 0.25) is 11.8 Å². The Morgan fingerprint density at radius 1 is 0.569 bits per heavy atom. The maximum Gasteiger partial charge on any atom is 0.326 e. The zero-order chi connectivity index (χ0) is 48.0. The monoisotopic (exact) mass is 927 g/mol. The largest absolute Gasteiger partial charge is 0.481 e. The van der Waals surface area contributed by atoms with Crippen LogP contribution in [0.3, 0.4) is 0 Å². The van der Waals surface area contributed by atoms with Crippen molar-refractivity contribution in [3.63, 3.8) is 0 Å². The van der Waals surface area contributed by atoms with Gasteiger partial charge in [-0.05, 0) is 93.3 Å². The van der Waals surface area contributed by atoms with Crippen LogP contribution in [-0.2, 0) is 35.3 Å². The second-order valence-corrected chi connectivity index (χ2v) is 16.2. The number of unbranched alkanes of at least 4 members (excludes halogenated alkanes) is 5. The van der Waals surface area contributed by atoms with Gasteiger partial charge in [0.25, 0.3) is 0 Å². The smallest absolute Gasteiger partial charge is 0.326 e. The zero-order valence-corrected chi connectivity index (χ0v) is 38.2. The van der Waals surface area contributed by atoms with E-state index in [0.29, 0.717) is 69.6 Å². The number of carbonyl (C=O) groups excluding carboxylic acids is 3. The Hall–Kier alpha value is -6.31. The van der Waals surface area contributed by atoms with E-state index >= 15 is 0 Å². The van der Waals surface area contributed by atoms with Gasteiger partial charge in [-0.3, -0.25) is 14.4 Å². The number of carboxylic acid groups (broad SMARTS) is 4. The highest BCUT2D eigenvalue weighted by Gasteiger charge is 2.25. The Balaban J connectivity index is 1.49. The number of hydrogen-bond donors (Lipinski definition) is 10. The van der Waals surface area contributed by atoms with Crippen molar-refractivity contribution >= 4 is 76.9 Å². The minimum absolute atomic E-state index is 0.0167. The molecule has 0 saturated heterocycles. The van der Waals surface area contributed by atoms with Crippen molar-refractivity contribution in [3.8, 4) is 0 Å². The number of aryl methyl sites for hydroxylation is 1. The van der Waals surface area contributed by atoms with E-state index < -0.39 is 54.5 Å². The number of nitrogens with one attached hydrogen (secondary N) is 6. The Kier molecular flexibility index (Phi) is 26.6. The number of thiocarbonyl (C=S) groups is 1. The van der Waals surface area contributed by atoms with Gasteiger partial charge in [-0.2, -0.15) is 0 Å². The molecule has 0 aliphatic carbocycles. The molecule has 2 rings (SSSR count). The Bertz CT molecular complexity index is 1860. The van der Waals surface area contributed by atoms with Gasteiger partial charge >= 0.3 is 29.9 Å². The first-order valence-corrected chi connectivity index (χ1v) is 22.4. The van der Waals surface area contributed by atoms with Crippen molar-refractivity contribution in [3.05, 3.63) is 59.9 Å². The van der Waals surface area contributed by atoms with E-state index in [1.54, 1.807) is 0 Å². The highest BCUT2D eigenvalue weighted by atomic mass is 32.1. The molecule has 3 atom stereocenters. The standard InChI is InChI=1S/C45H66N8O11S/c1-52(2)34-20-18-32(19-21-34)16-17-33-24-30-53(31-25-33)29-11-28-48-45(65)47-27-10-8-12-35(41(58)59)49-39(55)15-6-4-3-5-14-38(54)46-26-9-7-13-36(42(60)61)50-44(64)51-37(43(62)63)22-23-40(56)57/h16-21,24-25,30-31,35-37H,3-15,22-23,26-29H2,1-2H3,(H9-,46,47,48,49,50,51,54,55,56,57,58,59,60,61,62,63,64,65)/p+1/t35?,36-,37?/m0/s1. The molecule has 1 heterocycles. The molecule has 0 aliphatic rings. The summed E-state index contributed by atoms with van der Waals surface area (Å²) in [6.45, 7) is 2.37.